The molecule has 5 heteroatoms. The van der Waals surface area contributed by atoms with Gasteiger partial charge in [-0.15, -0.1) is 0 Å². The molecule has 0 amide bonds. The molecule has 98 valence electrons. The van der Waals surface area contributed by atoms with Gasteiger partial charge in [-0.2, -0.15) is 0 Å². The minimum atomic E-state index is -0.271. The molecule has 2 rings (SSSR count). The molecule has 0 spiro atoms. The number of anilines is 1. The summed E-state index contributed by atoms with van der Waals surface area (Å²) in [6.07, 6.45) is 0. The molecule has 0 aromatic heterocycles. The Morgan fingerprint density at radius 1 is 1.33 bits per heavy atom. The van der Waals surface area contributed by atoms with Gasteiger partial charge in [-0.3, -0.25) is 4.79 Å². The van der Waals surface area contributed by atoms with E-state index in [4.69, 9.17) is 14.2 Å². The predicted octanol–water partition coefficient (Wildman–Crippen LogP) is 1.74. The van der Waals surface area contributed by atoms with Gasteiger partial charge in [0.25, 0.3) is 0 Å². The van der Waals surface area contributed by atoms with Gasteiger partial charge in [-0.05, 0) is 25.5 Å². The van der Waals surface area contributed by atoms with E-state index in [0.717, 1.165) is 17.0 Å². The molecule has 0 unspecified atom stereocenters. The number of carbonyl (C=O) groups excluding carboxylic acids is 1. The maximum atomic E-state index is 11.3. The average Bonchev–Trinajstić information content (AvgIpc) is 2.36. The zero-order chi connectivity index (χ0) is 13.0. The number of aryl methyl sites for hydroxylation is 1. The molecule has 1 aromatic carbocycles. The normalized spacial score (nSPS) is 13.0. The Kier molecular flexibility index (Phi) is 3.92. The monoisotopic (exact) mass is 251 g/mol. The van der Waals surface area contributed by atoms with Crippen LogP contribution in [0.25, 0.3) is 0 Å². The smallest absolute Gasteiger partial charge is 0.325 e. The molecule has 0 saturated heterocycles. The summed E-state index contributed by atoms with van der Waals surface area (Å²) < 4.78 is 15.8. The maximum Gasteiger partial charge on any atom is 0.325 e. The summed E-state index contributed by atoms with van der Waals surface area (Å²) in [7, 11) is 0. The highest BCUT2D eigenvalue weighted by atomic mass is 16.6. The highest BCUT2D eigenvalue weighted by Gasteiger charge is 2.14. The zero-order valence-electron chi connectivity index (χ0n) is 10.6. The van der Waals surface area contributed by atoms with Gasteiger partial charge in [-0.1, -0.05) is 0 Å². The Morgan fingerprint density at radius 2 is 2.00 bits per heavy atom. The minimum absolute atomic E-state index is 0.147. The fourth-order valence-electron chi connectivity index (χ4n) is 1.76. The lowest BCUT2D eigenvalue weighted by molar-refractivity contribution is -0.140. The molecule has 0 atom stereocenters. The topological polar surface area (TPSA) is 56.8 Å². The Labute approximate surface area is 106 Å². The minimum Gasteiger partial charge on any atom is -0.486 e. The van der Waals surface area contributed by atoms with Crippen LogP contribution in [-0.2, 0) is 9.53 Å². The maximum absolute atomic E-state index is 11.3. The van der Waals surface area contributed by atoms with Gasteiger partial charge in [0.15, 0.2) is 11.5 Å². The van der Waals surface area contributed by atoms with E-state index in [1.54, 1.807) is 6.92 Å². The van der Waals surface area contributed by atoms with Gasteiger partial charge in [0.2, 0.25) is 0 Å². The summed E-state index contributed by atoms with van der Waals surface area (Å²) in [6.45, 7) is 5.39. The van der Waals surface area contributed by atoms with E-state index >= 15 is 0 Å². The summed E-state index contributed by atoms with van der Waals surface area (Å²) in [5, 5.41) is 3.04. The van der Waals surface area contributed by atoms with Crippen LogP contribution < -0.4 is 14.8 Å². The quantitative estimate of drug-likeness (QED) is 0.826. The van der Waals surface area contributed by atoms with E-state index in [-0.39, 0.29) is 12.5 Å². The second-order valence-electron chi connectivity index (χ2n) is 3.97. The first-order valence-electron chi connectivity index (χ1n) is 6.00. The highest BCUT2D eigenvalue weighted by Crippen LogP contribution is 2.35. The standard InChI is InChI=1S/C13H17NO4/c1-3-16-13(15)8-14-10-7-12-11(6-9(10)2)17-4-5-18-12/h6-7,14H,3-5,8H2,1-2H3. The summed E-state index contributed by atoms with van der Waals surface area (Å²) in [5.41, 5.74) is 1.86. The number of hydrogen-bond donors (Lipinski definition) is 1. The molecular formula is C13H17NO4. The Hall–Kier alpha value is -1.91. The van der Waals surface area contributed by atoms with E-state index in [1.165, 1.54) is 0 Å². The lowest BCUT2D eigenvalue weighted by Crippen LogP contribution is -2.18. The summed E-state index contributed by atoms with van der Waals surface area (Å²) in [6, 6.07) is 3.75. The number of benzene rings is 1. The van der Waals surface area contributed by atoms with Crippen molar-refractivity contribution in [2.75, 3.05) is 31.7 Å². The van der Waals surface area contributed by atoms with Crippen LogP contribution in [0.2, 0.25) is 0 Å². The number of nitrogens with one attached hydrogen (secondary N) is 1. The number of ether oxygens (including phenoxy) is 3. The molecule has 1 N–H and O–H groups in total. The van der Waals surface area contributed by atoms with Crippen LogP contribution in [0.4, 0.5) is 5.69 Å². The lowest BCUT2D eigenvalue weighted by Gasteiger charge is -2.20. The molecule has 0 fully saturated rings. The molecular weight excluding hydrogens is 234 g/mol. The average molecular weight is 251 g/mol. The number of fused-ring (bicyclic) bond motifs is 1. The zero-order valence-corrected chi connectivity index (χ0v) is 10.6. The van der Waals surface area contributed by atoms with Gasteiger partial charge in [0.1, 0.15) is 19.8 Å². The van der Waals surface area contributed by atoms with Gasteiger partial charge < -0.3 is 19.5 Å². The van der Waals surface area contributed by atoms with Crippen molar-refractivity contribution >= 4 is 11.7 Å². The molecule has 1 aromatic rings. The first kappa shape index (κ1) is 12.5. The predicted molar refractivity (Wildman–Crippen MR) is 67.3 cm³/mol. The summed E-state index contributed by atoms with van der Waals surface area (Å²) in [4.78, 5) is 11.3. The van der Waals surface area contributed by atoms with E-state index in [2.05, 4.69) is 5.32 Å². The molecule has 0 radical (unpaired) electrons. The first-order chi connectivity index (χ1) is 8.70. The highest BCUT2D eigenvalue weighted by molar-refractivity contribution is 5.76. The number of rotatable bonds is 4. The molecule has 1 aliphatic heterocycles. The van der Waals surface area contributed by atoms with Crippen molar-refractivity contribution in [2.45, 2.75) is 13.8 Å². The van der Waals surface area contributed by atoms with Crippen molar-refractivity contribution in [1.29, 1.82) is 0 Å². The van der Waals surface area contributed by atoms with E-state index < -0.39 is 0 Å². The number of carbonyl (C=O) groups is 1. The third kappa shape index (κ3) is 2.85. The van der Waals surface area contributed by atoms with Crippen LogP contribution in [0.1, 0.15) is 12.5 Å². The molecule has 0 saturated carbocycles. The van der Waals surface area contributed by atoms with Crippen molar-refractivity contribution in [3.63, 3.8) is 0 Å². The van der Waals surface area contributed by atoms with Crippen molar-refractivity contribution in [3.8, 4) is 11.5 Å². The van der Waals surface area contributed by atoms with Gasteiger partial charge >= 0.3 is 5.97 Å². The molecule has 1 heterocycles. The third-order valence-electron chi connectivity index (χ3n) is 2.62. The van der Waals surface area contributed by atoms with Crippen LogP contribution in [0.5, 0.6) is 11.5 Å². The van der Waals surface area contributed by atoms with Crippen LogP contribution >= 0.6 is 0 Å². The van der Waals surface area contributed by atoms with Crippen LogP contribution in [0, 0.1) is 6.92 Å². The Bertz CT molecular complexity index is 445. The van der Waals surface area contributed by atoms with Crippen LogP contribution in [0.15, 0.2) is 12.1 Å². The summed E-state index contributed by atoms with van der Waals surface area (Å²) >= 11 is 0. The van der Waals surface area contributed by atoms with Crippen molar-refractivity contribution < 1.29 is 19.0 Å². The van der Waals surface area contributed by atoms with Crippen LogP contribution in [-0.4, -0.2) is 32.3 Å². The number of hydrogen-bond acceptors (Lipinski definition) is 5. The number of esters is 1. The van der Waals surface area contributed by atoms with Crippen molar-refractivity contribution in [1.82, 2.24) is 0 Å². The van der Waals surface area contributed by atoms with Crippen molar-refractivity contribution in [2.24, 2.45) is 0 Å². The SMILES string of the molecule is CCOC(=O)CNc1cc2c(cc1C)OCCO2. The van der Waals surface area contributed by atoms with Gasteiger partial charge in [0.05, 0.1) is 6.61 Å². The third-order valence-corrected chi connectivity index (χ3v) is 2.62. The van der Waals surface area contributed by atoms with Gasteiger partial charge in [-0.25, -0.2) is 0 Å². The second kappa shape index (κ2) is 5.62. The van der Waals surface area contributed by atoms with E-state index in [1.807, 2.05) is 19.1 Å². The Morgan fingerprint density at radius 3 is 2.67 bits per heavy atom. The first-order valence-corrected chi connectivity index (χ1v) is 6.00. The van der Waals surface area contributed by atoms with E-state index in [0.29, 0.717) is 25.6 Å². The Balaban J connectivity index is 2.06. The summed E-state index contributed by atoms with van der Waals surface area (Å²) in [5.74, 6) is 1.19. The second-order valence-corrected chi connectivity index (χ2v) is 3.97. The molecule has 0 aliphatic carbocycles. The fourth-order valence-corrected chi connectivity index (χ4v) is 1.76. The molecule has 1 aliphatic rings. The lowest BCUT2D eigenvalue weighted by atomic mass is 10.1. The molecule has 18 heavy (non-hydrogen) atoms. The molecule has 0 bridgehead atoms. The fraction of sp³-hybridized carbons (Fsp3) is 0.462. The van der Waals surface area contributed by atoms with Crippen LogP contribution in [0.3, 0.4) is 0 Å². The van der Waals surface area contributed by atoms with Crippen molar-refractivity contribution in [3.05, 3.63) is 17.7 Å². The largest absolute Gasteiger partial charge is 0.486 e. The van der Waals surface area contributed by atoms with E-state index in [9.17, 15) is 4.79 Å². The molecule has 5 nitrogen and oxygen atoms in total. The van der Waals surface area contributed by atoms with Gasteiger partial charge in [0, 0.05) is 11.8 Å².